The summed E-state index contributed by atoms with van der Waals surface area (Å²) in [5, 5.41) is 3.35. The average molecular weight is 222 g/mol. The molecule has 16 heavy (non-hydrogen) atoms. The van der Waals surface area contributed by atoms with E-state index in [0.29, 0.717) is 0 Å². The summed E-state index contributed by atoms with van der Waals surface area (Å²) in [5.41, 5.74) is 2.70. The Kier molecular flexibility index (Phi) is 3.96. The van der Waals surface area contributed by atoms with Crippen LogP contribution in [0.2, 0.25) is 0 Å². The highest BCUT2D eigenvalue weighted by molar-refractivity contribution is 5.16. The molecule has 0 bridgehead atoms. The quantitative estimate of drug-likeness (QED) is 0.751. The van der Waals surface area contributed by atoms with E-state index in [1.165, 1.54) is 30.8 Å². The minimum atomic E-state index is 0.944. The highest BCUT2D eigenvalue weighted by Gasteiger charge is 2.13. The fourth-order valence-corrected chi connectivity index (χ4v) is 2.20. The van der Waals surface area contributed by atoms with Crippen molar-refractivity contribution >= 4 is 0 Å². The first-order valence-electron chi connectivity index (χ1n) is 6.15. The van der Waals surface area contributed by atoms with E-state index in [-0.39, 0.29) is 0 Å². The third kappa shape index (κ3) is 2.83. The molecule has 0 saturated heterocycles. The van der Waals surface area contributed by atoms with E-state index < -0.39 is 0 Å². The van der Waals surface area contributed by atoms with Gasteiger partial charge in [0.25, 0.3) is 0 Å². The van der Waals surface area contributed by atoms with Gasteiger partial charge in [-0.15, -0.1) is 0 Å². The molecule has 4 nitrogen and oxygen atoms in total. The summed E-state index contributed by atoms with van der Waals surface area (Å²) < 4.78 is 2.34. The fourth-order valence-electron chi connectivity index (χ4n) is 2.20. The van der Waals surface area contributed by atoms with Crippen molar-refractivity contribution in [2.45, 2.75) is 32.4 Å². The molecule has 0 atom stereocenters. The maximum atomic E-state index is 4.46. The van der Waals surface area contributed by atoms with Crippen LogP contribution in [0.1, 0.15) is 24.2 Å². The van der Waals surface area contributed by atoms with Gasteiger partial charge in [-0.1, -0.05) is 0 Å². The van der Waals surface area contributed by atoms with Crippen LogP contribution in [-0.2, 0) is 19.5 Å². The molecule has 4 heteroatoms. The molecule has 2 heterocycles. The van der Waals surface area contributed by atoms with Crippen LogP contribution in [0.3, 0.4) is 0 Å². The van der Waals surface area contributed by atoms with Crippen LogP contribution in [0.4, 0.5) is 0 Å². The molecule has 2 rings (SSSR count). The molecule has 90 valence electrons. The molecule has 1 aliphatic heterocycles. The first-order valence-corrected chi connectivity index (χ1v) is 6.15. The standard InChI is InChI=1S/C12H22N4/c1-15(2)7-3-4-8-16-10-14-11-9-13-6-5-12(11)16/h10,13H,3-9H2,1-2H3. The normalized spacial score (nSPS) is 15.4. The van der Waals surface area contributed by atoms with E-state index in [2.05, 4.69) is 33.9 Å². The molecule has 1 aliphatic rings. The first kappa shape index (κ1) is 11.6. The molecule has 0 spiro atoms. The predicted molar refractivity (Wildman–Crippen MR) is 65.4 cm³/mol. The zero-order chi connectivity index (χ0) is 11.4. The van der Waals surface area contributed by atoms with Crippen molar-refractivity contribution in [2.75, 3.05) is 27.2 Å². The topological polar surface area (TPSA) is 33.1 Å². The number of aromatic nitrogens is 2. The van der Waals surface area contributed by atoms with E-state index in [1.807, 2.05) is 6.33 Å². The van der Waals surface area contributed by atoms with Crippen LogP contribution < -0.4 is 5.32 Å². The largest absolute Gasteiger partial charge is 0.334 e. The monoisotopic (exact) mass is 222 g/mol. The lowest BCUT2D eigenvalue weighted by Gasteiger charge is -2.15. The third-order valence-corrected chi connectivity index (χ3v) is 3.12. The lowest BCUT2D eigenvalue weighted by Crippen LogP contribution is -2.25. The van der Waals surface area contributed by atoms with Gasteiger partial charge in [-0.2, -0.15) is 0 Å². The van der Waals surface area contributed by atoms with E-state index in [1.54, 1.807) is 0 Å². The SMILES string of the molecule is CN(C)CCCCn1cnc2c1CCNC2. The van der Waals surface area contributed by atoms with Crippen LogP contribution in [0, 0.1) is 0 Å². The molecular weight excluding hydrogens is 200 g/mol. The van der Waals surface area contributed by atoms with Gasteiger partial charge in [0.15, 0.2) is 0 Å². The minimum absolute atomic E-state index is 0.944. The number of imidazole rings is 1. The van der Waals surface area contributed by atoms with Crippen molar-refractivity contribution in [3.05, 3.63) is 17.7 Å². The molecule has 0 aliphatic carbocycles. The summed E-state index contributed by atoms with van der Waals surface area (Å²) >= 11 is 0. The molecule has 0 saturated carbocycles. The van der Waals surface area contributed by atoms with Gasteiger partial charge in [0.05, 0.1) is 12.0 Å². The smallest absolute Gasteiger partial charge is 0.0952 e. The molecule has 0 amide bonds. The summed E-state index contributed by atoms with van der Waals surface area (Å²) in [5.74, 6) is 0. The number of hydrogen-bond donors (Lipinski definition) is 1. The van der Waals surface area contributed by atoms with E-state index in [4.69, 9.17) is 0 Å². The van der Waals surface area contributed by atoms with Crippen LogP contribution in [0.15, 0.2) is 6.33 Å². The molecule has 0 radical (unpaired) electrons. The zero-order valence-corrected chi connectivity index (χ0v) is 10.4. The van der Waals surface area contributed by atoms with Gasteiger partial charge in [-0.05, 0) is 33.5 Å². The second-order valence-electron chi connectivity index (χ2n) is 4.77. The van der Waals surface area contributed by atoms with Crippen LogP contribution >= 0.6 is 0 Å². The molecule has 1 N–H and O–H groups in total. The Balaban J connectivity index is 1.83. The summed E-state index contributed by atoms with van der Waals surface area (Å²) in [6, 6.07) is 0. The van der Waals surface area contributed by atoms with Gasteiger partial charge in [0.1, 0.15) is 0 Å². The molecule has 1 aromatic heterocycles. The lowest BCUT2D eigenvalue weighted by atomic mass is 10.2. The second-order valence-corrected chi connectivity index (χ2v) is 4.77. The Bertz CT molecular complexity index is 330. The Hall–Kier alpha value is -0.870. The maximum absolute atomic E-state index is 4.46. The van der Waals surface area contributed by atoms with Crippen LogP contribution in [0.25, 0.3) is 0 Å². The van der Waals surface area contributed by atoms with Gasteiger partial charge in [0, 0.05) is 31.7 Å². The molecule has 1 aromatic rings. The van der Waals surface area contributed by atoms with Gasteiger partial charge < -0.3 is 14.8 Å². The Morgan fingerprint density at radius 2 is 2.31 bits per heavy atom. The Morgan fingerprint density at radius 1 is 1.44 bits per heavy atom. The highest BCUT2D eigenvalue weighted by atomic mass is 15.1. The molecular formula is C12H22N4. The second kappa shape index (κ2) is 5.46. The lowest BCUT2D eigenvalue weighted by molar-refractivity contribution is 0.386. The van der Waals surface area contributed by atoms with Crippen LogP contribution in [-0.4, -0.2) is 41.6 Å². The van der Waals surface area contributed by atoms with Crippen molar-refractivity contribution < 1.29 is 0 Å². The number of unbranched alkanes of at least 4 members (excludes halogenated alkanes) is 1. The predicted octanol–water partition coefficient (Wildman–Crippen LogP) is 0.871. The molecule has 0 fully saturated rings. The number of fused-ring (bicyclic) bond motifs is 1. The minimum Gasteiger partial charge on any atom is -0.334 e. The highest BCUT2D eigenvalue weighted by Crippen LogP contribution is 2.12. The Morgan fingerprint density at radius 3 is 3.12 bits per heavy atom. The van der Waals surface area contributed by atoms with Gasteiger partial charge in [-0.25, -0.2) is 4.98 Å². The summed E-state index contributed by atoms with van der Waals surface area (Å²) in [6.45, 7) is 4.34. The molecule has 0 unspecified atom stereocenters. The van der Waals surface area contributed by atoms with Crippen molar-refractivity contribution in [3.8, 4) is 0 Å². The summed E-state index contributed by atoms with van der Waals surface area (Å²) in [7, 11) is 4.26. The first-order chi connectivity index (χ1) is 7.77. The molecule has 0 aromatic carbocycles. The summed E-state index contributed by atoms with van der Waals surface area (Å²) in [6.07, 6.45) is 5.64. The van der Waals surface area contributed by atoms with E-state index in [0.717, 1.165) is 26.1 Å². The number of rotatable bonds is 5. The van der Waals surface area contributed by atoms with Gasteiger partial charge in [-0.3, -0.25) is 0 Å². The van der Waals surface area contributed by atoms with Gasteiger partial charge in [0.2, 0.25) is 0 Å². The average Bonchev–Trinajstić information content (AvgIpc) is 2.68. The number of nitrogens with one attached hydrogen (secondary N) is 1. The van der Waals surface area contributed by atoms with Crippen molar-refractivity contribution in [1.82, 2.24) is 19.8 Å². The maximum Gasteiger partial charge on any atom is 0.0952 e. The van der Waals surface area contributed by atoms with E-state index >= 15 is 0 Å². The number of hydrogen-bond acceptors (Lipinski definition) is 3. The van der Waals surface area contributed by atoms with E-state index in [9.17, 15) is 0 Å². The number of aryl methyl sites for hydroxylation is 1. The summed E-state index contributed by atoms with van der Waals surface area (Å²) in [4.78, 5) is 6.70. The zero-order valence-electron chi connectivity index (χ0n) is 10.4. The number of nitrogens with zero attached hydrogens (tertiary/aromatic N) is 3. The van der Waals surface area contributed by atoms with Crippen molar-refractivity contribution in [2.24, 2.45) is 0 Å². The van der Waals surface area contributed by atoms with Crippen molar-refractivity contribution in [1.29, 1.82) is 0 Å². The van der Waals surface area contributed by atoms with Gasteiger partial charge >= 0.3 is 0 Å². The van der Waals surface area contributed by atoms with Crippen LogP contribution in [0.5, 0.6) is 0 Å². The Labute approximate surface area is 97.7 Å². The third-order valence-electron chi connectivity index (χ3n) is 3.12. The fraction of sp³-hybridized carbons (Fsp3) is 0.750. The van der Waals surface area contributed by atoms with Crippen molar-refractivity contribution in [3.63, 3.8) is 0 Å².